The van der Waals surface area contributed by atoms with E-state index in [2.05, 4.69) is 6.92 Å². The molecule has 3 atom stereocenters. The van der Waals surface area contributed by atoms with Gasteiger partial charge in [-0.25, -0.2) is 0 Å². The van der Waals surface area contributed by atoms with E-state index in [4.69, 9.17) is 0 Å². The molecule has 0 amide bonds. The maximum Gasteiger partial charge on any atom is 0.139 e. The van der Waals surface area contributed by atoms with Crippen LogP contribution in [0.5, 0.6) is 0 Å². The Kier molecular flexibility index (Phi) is 1.06. The van der Waals surface area contributed by atoms with Crippen molar-refractivity contribution in [3.05, 3.63) is 0 Å². The minimum atomic E-state index is 0.215. The number of rotatable bonds is 0. The average molecular weight is 164 g/mol. The zero-order valence-electron chi connectivity index (χ0n) is 7.73. The van der Waals surface area contributed by atoms with Crippen LogP contribution < -0.4 is 0 Å². The van der Waals surface area contributed by atoms with Crippen molar-refractivity contribution in [1.82, 2.24) is 0 Å². The summed E-state index contributed by atoms with van der Waals surface area (Å²) < 4.78 is 0. The lowest BCUT2D eigenvalue weighted by molar-refractivity contribution is -0.171. The zero-order chi connectivity index (χ0) is 8.40. The number of hydrogen-bond acceptors (Lipinski definition) is 1. The Morgan fingerprint density at radius 1 is 1.42 bits per heavy atom. The van der Waals surface area contributed by atoms with E-state index in [1.165, 1.54) is 32.1 Å². The van der Waals surface area contributed by atoms with Gasteiger partial charge in [-0.05, 0) is 37.0 Å². The SMILES string of the molecule is CC12CCC(=O)C3(CCCC13)C2. The predicted octanol–water partition coefficient (Wildman–Crippen LogP) is 2.55. The van der Waals surface area contributed by atoms with Gasteiger partial charge in [0.1, 0.15) is 5.78 Å². The van der Waals surface area contributed by atoms with Crippen LogP contribution >= 0.6 is 0 Å². The van der Waals surface area contributed by atoms with Gasteiger partial charge in [0.05, 0.1) is 0 Å². The van der Waals surface area contributed by atoms with E-state index in [-0.39, 0.29) is 5.41 Å². The van der Waals surface area contributed by atoms with Gasteiger partial charge in [-0.2, -0.15) is 0 Å². The molecule has 0 saturated heterocycles. The molecule has 3 aliphatic carbocycles. The van der Waals surface area contributed by atoms with Gasteiger partial charge in [-0.1, -0.05) is 13.3 Å². The summed E-state index contributed by atoms with van der Waals surface area (Å²) in [6.45, 7) is 2.40. The van der Waals surface area contributed by atoms with Gasteiger partial charge in [0.2, 0.25) is 0 Å². The topological polar surface area (TPSA) is 17.1 Å². The second-order valence-electron chi connectivity index (χ2n) is 5.35. The second kappa shape index (κ2) is 1.78. The lowest BCUT2D eigenvalue weighted by Gasteiger charge is -2.62. The summed E-state index contributed by atoms with van der Waals surface area (Å²) in [5, 5.41) is 0. The molecule has 2 bridgehead atoms. The first-order valence-corrected chi connectivity index (χ1v) is 5.21. The molecule has 3 saturated carbocycles. The smallest absolute Gasteiger partial charge is 0.139 e. The number of carbonyl (C=O) groups is 1. The highest BCUT2D eigenvalue weighted by Crippen LogP contribution is 2.72. The van der Waals surface area contributed by atoms with Crippen LogP contribution in [0.4, 0.5) is 0 Å². The van der Waals surface area contributed by atoms with Crippen molar-refractivity contribution in [2.24, 2.45) is 16.7 Å². The minimum absolute atomic E-state index is 0.215. The molecular weight excluding hydrogens is 148 g/mol. The van der Waals surface area contributed by atoms with Gasteiger partial charge in [0.15, 0.2) is 0 Å². The fraction of sp³-hybridized carbons (Fsp3) is 0.909. The fourth-order valence-corrected chi connectivity index (χ4v) is 4.35. The summed E-state index contributed by atoms with van der Waals surface area (Å²) in [5.74, 6) is 1.39. The molecule has 0 N–H and O–H groups in total. The third-order valence-corrected chi connectivity index (χ3v) is 4.82. The van der Waals surface area contributed by atoms with Crippen LogP contribution in [-0.4, -0.2) is 5.78 Å². The molecule has 0 aromatic carbocycles. The van der Waals surface area contributed by atoms with Crippen LogP contribution in [0.2, 0.25) is 0 Å². The molecule has 3 rings (SSSR count). The molecule has 0 aliphatic heterocycles. The van der Waals surface area contributed by atoms with Gasteiger partial charge in [-0.3, -0.25) is 4.79 Å². The Morgan fingerprint density at radius 2 is 2.25 bits per heavy atom. The van der Waals surface area contributed by atoms with E-state index in [9.17, 15) is 4.79 Å². The van der Waals surface area contributed by atoms with Crippen LogP contribution in [0.25, 0.3) is 0 Å². The van der Waals surface area contributed by atoms with Crippen LogP contribution in [-0.2, 0) is 4.79 Å². The van der Waals surface area contributed by atoms with Crippen molar-refractivity contribution in [3.8, 4) is 0 Å². The molecule has 0 heterocycles. The van der Waals surface area contributed by atoms with Crippen molar-refractivity contribution < 1.29 is 4.79 Å². The molecule has 3 aliphatic rings. The van der Waals surface area contributed by atoms with E-state index in [1.807, 2.05) is 0 Å². The van der Waals surface area contributed by atoms with Crippen molar-refractivity contribution in [1.29, 1.82) is 0 Å². The normalized spacial score (nSPS) is 56.4. The highest BCUT2D eigenvalue weighted by molar-refractivity contribution is 5.88. The standard InChI is InChI=1S/C11H16O/c1-10-6-4-9(12)11(7-10)5-2-3-8(10)11/h8H,2-7H2,1H3. The molecule has 3 fully saturated rings. The summed E-state index contributed by atoms with van der Waals surface area (Å²) in [6.07, 6.45) is 7.15. The molecule has 3 unspecified atom stereocenters. The Labute approximate surface area is 73.5 Å². The van der Waals surface area contributed by atoms with E-state index in [0.717, 1.165) is 12.3 Å². The summed E-state index contributed by atoms with van der Waals surface area (Å²) in [4.78, 5) is 11.8. The number of ketones is 1. The van der Waals surface area contributed by atoms with Gasteiger partial charge in [0, 0.05) is 11.8 Å². The largest absolute Gasteiger partial charge is 0.299 e. The van der Waals surface area contributed by atoms with E-state index >= 15 is 0 Å². The zero-order valence-corrected chi connectivity index (χ0v) is 7.73. The number of Topliss-reactive ketones (excluding diaryl/α,β-unsaturated/α-hetero) is 1. The first-order valence-electron chi connectivity index (χ1n) is 5.21. The van der Waals surface area contributed by atoms with Gasteiger partial charge in [0.25, 0.3) is 0 Å². The second-order valence-corrected chi connectivity index (χ2v) is 5.35. The first-order chi connectivity index (χ1) is 5.67. The lowest BCUT2D eigenvalue weighted by Crippen LogP contribution is -2.60. The molecule has 66 valence electrons. The predicted molar refractivity (Wildman–Crippen MR) is 46.7 cm³/mol. The highest BCUT2D eigenvalue weighted by Gasteiger charge is 2.67. The quantitative estimate of drug-likeness (QED) is 0.537. The third kappa shape index (κ3) is 0.541. The molecular formula is C11H16O. The molecule has 12 heavy (non-hydrogen) atoms. The van der Waals surface area contributed by atoms with Crippen LogP contribution in [0.3, 0.4) is 0 Å². The Morgan fingerprint density at radius 3 is 3.00 bits per heavy atom. The summed E-state index contributed by atoms with van der Waals surface area (Å²) in [7, 11) is 0. The number of hydrogen-bond donors (Lipinski definition) is 0. The Bertz CT molecular complexity index is 258. The van der Waals surface area contributed by atoms with Gasteiger partial charge in [-0.15, -0.1) is 0 Å². The maximum atomic E-state index is 11.8. The monoisotopic (exact) mass is 164 g/mol. The van der Waals surface area contributed by atoms with E-state index < -0.39 is 0 Å². The summed E-state index contributed by atoms with van der Waals surface area (Å²) in [5.41, 5.74) is 0.789. The molecule has 1 heteroatoms. The number of carbonyl (C=O) groups excluding carboxylic acids is 1. The Balaban J connectivity index is 2.04. The highest BCUT2D eigenvalue weighted by atomic mass is 16.1. The van der Waals surface area contributed by atoms with Crippen LogP contribution in [0.1, 0.15) is 45.4 Å². The maximum absolute atomic E-state index is 11.8. The molecule has 0 aromatic heterocycles. The Hall–Kier alpha value is -0.330. The van der Waals surface area contributed by atoms with Crippen molar-refractivity contribution in [2.45, 2.75) is 45.4 Å². The van der Waals surface area contributed by atoms with Crippen molar-refractivity contribution in [3.63, 3.8) is 0 Å². The molecule has 0 spiro atoms. The average Bonchev–Trinajstić information content (AvgIpc) is 2.38. The summed E-state index contributed by atoms with van der Waals surface area (Å²) >= 11 is 0. The fourth-order valence-electron chi connectivity index (χ4n) is 4.35. The molecule has 0 radical (unpaired) electrons. The third-order valence-electron chi connectivity index (χ3n) is 4.82. The summed E-state index contributed by atoms with van der Waals surface area (Å²) in [6, 6.07) is 0. The van der Waals surface area contributed by atoms with Crippen molar-refractivity contribution >= 4 is 5.78 Å². The van der Waals surface area contributed by atoms with E-state index in [0.29, 0.717) is 11.2 Å². The first kappa shape index (κ1) is 7.11. The van der Waals surface area contributed by atoms with Crippen molar-refractivity contribution in [2.75, 3.05) is 0 Å². The van der Waals surface area contributed by atoms with Crippen LogP contribution in [0, 0.1) is 16.7 Å². The lowest BCUT2D eigenvalue weighted by atomic mass is 9.41. The minimum Gasteiger partial charge on any atom is -0.299 e. The molecule has 1 nitrogen and oxygen atoms in total. The van der Waals surface area contributed by atoms with Gasteiger partial charge >= 0.3 is 0 Å². The molecule has 0 aromatic rings. The van der Waals surface area contributed by atoms with Crippen LogP contribution in [0.15, 0.2) is 0 Å². The van der Waals surface area contributed by atoms with Gasteiger partial charge < -0.3 is 0 Å². The van der Waals surface area contributed by atoms with E-state index in [1.54, 1.807) is 0 Å².